The summed E-state index contributed by atoms with van der Waals surface area (Å²) < 4.78 is 5.80. The van der Waals surface area contributed by atoms with Crippen molar-refractivity contribution in [3.05, 3.63) is 54.4 Å². The number of aryl methyl sites for hydroxylation is 1. The van der Waals surface area contributed by atoms with Crippen LogP contribution in [-0.4, -0.2) is 34.4 Å². The van der Waals surface area contributed by atoms with E-state index in [2.05, 4.69) is 15.3 Å². The monoisotopic (exact) mass is 376 g/mol. The number of fused-ring (bicyclic) bond motifs is 2. The Morgan fingerprint density at radius 3 is 2.79 bits per heavy atom. The van der Waals surface area contributed by atoms with E-state index >= 15 is 0 Å². The highest BCUT2D eigenvalue weighted by atomic mass is 16.5. The molecule has 2 amide bonds. The van der Waals surface area contributed by atoms with Crippen LogP contribution in [0.3, 0.4) is 0 Å². The number of ether oxygens (including phenoxy) is 1. The van der Waals surface area contributed by atoms with Crippen LogP contribution in [0.15, 0.2) is 48.5 Å². The fourth-order valence-corrected chi connectivity index (χ4v) is 3.44. The number of nitrogens with zero attached hydrogens (tertiary/aromatic N) is 3. The zero-order valence-electron chi connectivity index (χ0n) is 15.7. The van der Waals surface area contributed by atoms with Crippen molar-refractivity contribution in [1.82, 2.24) is 9.97 Å². The van der Waals surface area contributed by atoms with Crippen LogP contribution in [0.1, 0.15) is 19.2 Å². The topological polar surface area (TPSA) is 84.4 Å². The van der Waals surface area contributed by atoms with E-state index in [1.807, 2.05) is 49.4 Å². The van der Waals surface area contributed by atoms with Gasteiger partial charge in [0.2, 0.25) is 11.8 Å². The van der Waals surface area contributed by atoms with Crippen molar-refractivity contribution in [2.75, 3.05) is 16.8 Å². The maximum absolute atomic E-state index is 13.0. The molecule has 0 radical (unpaired) electrons. The molecule has 4 rings (SSSR count). The van der Waals surface area contributed by atoms with Crippen LogP contribution in [-0.2, 0) is 9.59 Å². The summed E-state index contributed by atoms with van der Waals surface area (Å²) in [6.07, 6.45) is 0.218. The van der Waals surface area contributed by atoms with Gasteiger partial charge >= 0.3 is 0 Å². The van der Waals surface area contributed by atoms with E-state index in [1.165, 1.54) is 0 Å². The number of aromatic nitrogens is 2. The second kappa shape index (κ2) is 7.26. The van der Waals surface area contributed by atoms with Gasteiger partial charge in [0.15, 0.2) is 6.61 Å². The number of anilines is 2. The smallest absolute Gasteiger partial charge is 0.265 e. The first-order chi connectivity index (χ1) is 13.5. The molecule has 1 aromatic heterocycles. The number of rotatable bonds is 3. The molecular formula is C21H20N4O3. The summed E-state index contributed by atoms with van der Waals surface area (Å²) in [6.45, 7) is 3.45. The van der Waals surface area contributed by atoms with Gasteiger partial charge in [-0.3, -0.25) is 9.59 Å². The molecule has 28 heavy (non-hydrogen) atoms. The molecule has 0 spiro atoms. The summed E-state index contributed by atoms with van der Waals surface area (Å²) in [6, 6.07) is 14.5. The van der Waals surface area contributed by atoms with Crippen molar-refractivity contribution in [3.63, 3.8) is 0 Å². The Morgan fingerprint density at radius 1 is 1.18 bits per heavy atom. The third-order valence-electron chi connectivity index (χ3n) is 4.64. The highest BCUT2D eigenvalue weighted by Crippen LogP contribution is 2.31. The molecule has 1 aliphatic heterocycles. The minimum absolute atomic E-state index is 0.117. The molecule has 0 saturated heterocycles. The number of carbonyl (C=O) groups is 2. The number of para-hydroxylation sites is 3. The van der Waals surface area contributed by atoms with Gasteiger partial charge in [0.05, 0.1) is 22.3 Å². The minimum Gasteiger partial charge on any atom is -0.467 e. The van der Waals surface area contributed by atoms with Gasteiger partial charge in [0.1, 0.15) is 5.82 Å². The van der Waals surface area contributed by atoms with Crippen molar-refractivity contribution in [3.8, 4) is 5.88 Å². The number of amides is 2. The summed E-state index contributed by atoms with van der Waals surface area (Å²) in [5.74, 6) is 0.594. The van der Waals surface area contributed by atoms with Crippen molar-refractivity contribution >= 4 is 34.1 Å². The van der Waals surface area contributed by atoms with Gasteiger partial charge in [0.25, 0.3) is 5.91 Å². The largest absolute Gasteiger partial charge is 0.467 e. The fourth-order valence-electron chi connectivity index (χ4n) is 3.44. The molecule has 0 bridgehead atoms. The third-order valence-corrected chi connectivity index (χ3v) is 4.64. The molecule has 1 N–H and O–H groups in total. The lowest BCUT2D eigenvalue weighted by atomic mass is 10.1. The molecule has 7 nitrogen and oxygen atoms in total. The molecule has 1 unspecified atom stereocenters. The summed E-state index contributed by atoms with van der Waals surface area (Å²) in [7, 11) is 0. The normalized spacial score (nSPS) is 16.3. The first kappa shape index (κ1) is 17.9. The highest BCUT2D eigenvalue weighted by molar-refractivity contribution is 6.04. The average Bonchev–Trinajstić information content (AvgIpc) is 2.80. The van der Waals surface area contributed by atoms with Gasteiger partial charge in [-0.2, -0.15) is 4.98 Å². The van der Waals surface area contributed by atoms with Crippen LogP contribution in [0.4, 0.5) is 11.4 Å². The van der Waals surface area contributed by atoms with E-state index in [-0.39, 0.29) is 30.9 Å². The van der Waals surface area contributed by atoms with Crippen LogP contribution in [0.5, 0.6) is 5.88 Å². The van der Waals surface area contributed by atoms with Crippen molar-refractivity contribution in [2.24, 2.45) is 0 Å². The van der Waals surface area contributed by atoms with Crippen molar-refractivity contribution < 1.29 is 14.3 Å². The van der Waals surface area contributed by atoms with Crippen LogP contribution < -0.4 is 15.0 Å². The first-order valence-corrected chi connectivity index (χ1v) is 9.10. The van der Waals surface area contributed by atoms with Crippen LogP contribution in [0.25, 0.3) is 10.9 Å². The van der Waals surface area contributed by atoms with Crippen molar-refractivity contribution in [1.29, 1.82) is 0 Å². The van der Waals surface area contributed by atoms with Gasteiger partial charge in [0, 0.05) is 12.5 Å². The minimum atomic E-state index is -0.288. The Hall–Kier alpha value is -3.48. The maximum atomic E-state index is 13.0. The molecule has 1 atom stereocenters. The lowest BCUT2D eigenvalue weighted by Gasteiger charge is -2.27. The fraction of sp³-hybridized carbons (Fsp3) is 0.238. The zero-order chi connectivity index (χ0) is 19.7. The Balaban J connectivity index is 1.61. The second-order valence-electron chi connectivity index (χ2n) is 6.76. The molecular weight excluding hydrogens is 356 g/mol. The molecule has 2 heterocycles. The standard InChI is InChI=1S/C21H20N4O3/c1-13-11-19(26)24-17-9-5-6-10-18(17)25(13)20(27)12-28-21-15-7-3-4-8-16(15)22-14(2)23-21/h3-10,13H,11-12H2,1-2H3,(H,24,26). The molecule has 1 aliphatic rings. The molecule has 2 aromatic carbocycles. The van der Waals surface area contributed by atoms with Crippen molar-refractivity contribution in [2.45, 2.75) is 26.3 Å². The third kappa shape index (κ3) is 3.38. The number of hydrogen-bond acceptors (Lipinski definition) is 5. The first-order valence-electron chi connectivity index (χ1n) is 9.10. The van der Waals surface area contributed by atoms with E-state index in [1.54, 1.807) is 17.9 Å². The lowest BCUT2D eigenvalue weighted by molar-refractivity contribution is -0.121. The lowest BCUT2D eigenvalue weighted by Crippen LogP contribution is -2.41. The zero-order valence-corrected chi connectivity index (χ0v) is 15.7. The molecule has 0 fully saturated rings. The summed E-state index contributed by atoms with van der Waals surface area (Å²) in [4.78, 5) is 35.5. The van der Waals surface area contributed by atoms with Gasteiger partial charge in [-0.15, -0.1) is 0 Å². The summed E-state index contributed by atoms with van der Waals surface area (Å²) in [5.41, 5.74) is 2.05. The number of hydrogen-bond donors (Lipinski definition) is 1. The van der Waals surface area contributed by atoms with E-state index in [4.69, 9.17) is 4.74 Å². The van der Waals surface area contributed by atoms with Gasteiger partial charge in [-0.05, 0) is 38.1 Å². The molecule has 142 valence electrons. The molecule has 3 aromatic rings. The summed E-state index contributed by atoms with van der Waals surface area (Å²) in [5, 5.41) is 3.60. The number of carbonyl (C=O) groups excluding carboxylic acids is 2. The van der Waals surface area contributed by atoms with Gasteiger partial charge in [-0.25, -0.2) is 4.98 Å². The van der Waals surface area contributed by atoms with E-state index in [0.29, 0.717) is 23.1 Å². The average molecular weight is 376 g/mol. The number of nitrogens with one attached hydrogen (secondary N) is 1. The Kier molecular flexibility index (Phi) is 4.65. The molecule has 0 saturated carbocycles. The van der Waals surface area contributed by atoms with Crippen LogP contribution in [0, 0.1) is 6.92 Å². The Morgan fingerprint density at radius 2 is 1.93 bits per heavy atom. The molecule has 0 aliphatic carbocycles. The Labute approximate surface area is 162 Å². The second-order valence-corrected chi connectivity index (χ2v) is 6.76. The van der Waals surface area contributed by atoms with E-state index in [9.17, 15) is 9.59 Å². The predicted molar refractivity (Wildman–Crippen MR) is 106 cm³/mol. The summed E-state index contributed by atoms with van der Waals surface area (Å²) >= 11 is 0. The predicted octanol–water partition coefficient (Wildman–Crippen LogP) is 3.08. The van der Waals surface area contributed by atoms with Crippen LogP contribution in [0.2, 0.25) is 0 Å². The highest BCUT2D eigenvalue weighted by Gasteiger charge is 2.29. The van der Waals surface area contributed by atoms with E-state index in [0.717, 1.165) is 10.9 Å². The van der Waals surface area contributed by atoms with Gasteiger partial charge in [-0.1, -0.05) is 24.3 Å². The maximum Gasteiger partial charge on any atom is 0.265 e. The van der Waals surface area contributed by atoms with E-state index < -0.39 is 0 Å². The van der Waals surface area contributed by atoms with Gasteiger partial charge < -0.3 is 15.0 Å². The Bertz CT molecular complexity index is 1070. The SMILES string of the molecule is Cc1nc(OCC(=O)N2c3ccccc3NC(=O)CC2C)c2ccccc2n1. The quantitative estimate of drug-likeness (QED) is 0.759. The van der Waals surface area contributed by atoms with Crippen LogP contribution >= 0.6 is 0 Å². The molecule has 7 heteroatoms. The number of benzene rings is 2.